The predicted molar refractivity (Wildman–Crippen MR) is 69.5 cm³/mol. The maximum atomic E-state index is 10.8. The number of nitro benzene ring substituents is 1. The molecule has 18 heavy (non-hydrogen) atoms. The zero-order chi connectivity index (χ0) is 13.1. The Morgan fingerprint density at radius 1 is 1.50 bits per heavy atom. The van der Waals surface area contributed by atoms with Gasteiger partial charge in [-0.2, -0.15) is 0 Å². The van der Waals surface area contributed by atoms with Crippen LogP contribution >= 0.6 is 27.5 Å². The van der Waals surface area contributed by atoms with Crippen LogP contribution in [0.5, 0.6) is 0 Å². The molecule has 94 valence electrons. The van der Waals surface area contributed by atoms with Crippen LogP contribution in [-0.4, -0.2) is 19.9 Å². The molecule has 0 atom stereocenters. The van der Waals surface area contributed by atoms with Crippen molar-refractivity contribution >= 4 is 33.2 Å². The molecule has 0 aliphatic heterocycles. The van der Waals surface area contributed by atoms with E-state index in [1.807, 2.05) is 0 Å². The molecular weight excluding hydrogens is 323 g/mol. The molecule has 1 aromatic heterocycles. The van der Waals surface area contributed by atoms with Gasteiger partial charge in [-0.1, -0.05) is 17.3 Å². The Morgan fingerprint density at radius 3 is 2.89 bits per heavy atom. The van der Waals surface area contributed by atoms with Crippen LogP contribution in [0.25, 0.3) is 0 Å². The van der Waals surface area contributed by atoms with Crippen LogP contribution < -0.4 is 0 Å². The standard InChI is InChI=1S/C10H8BrClN4O2/c11-10-7(2-1-3-9(10)16(17)18)5-15-6-8(4-12)13-14-15/h1-3,6H,4-5H2. The van der Waals surface area contributed by atoms with Crippen molar-refractivity contribution in [2.45, 2.75) is 12.4 Å². The van der Waals surface area contributed by atoms with Crippen molar-refractivity contribution < 1.29 is 4.92 Å². The summed E-state index contributed by atoms with van der Waals surface area (Å²) < 4.78 is 2.04. The summed E-state index contributed by atoms with van der Waals surface area (Å²) in [6, 6.07) is 4.87. The fourth-order valence-electron chi connectivity index (χ4n) is 1.48. The van der Waals surface area contributed by atoms with Gasteiger partial charge in [0, 0.05) is 6.07 Å². The number of hydrogen-bond donors (Lipinski definition) is 0. The number of benzene rings is 1. The number of rotatable bonds is 4. The number of aromatic nitrogens is 3. The van der Waals surface area contributed by atoms with Gasteiger partial charge in [-0.25, -0.2) is 4.68 Å². The number of halogens is 2. The molecule has 6 nitrogen and oxygen atoms in total. The first-order valence-corrected chi connectivity index (χ1v) is 6.31. The summed E-state index contributed by atoms with van der Waals surface area (Å²) in [5.41, 5.74) is 1.46. The molecular formula is C10H8BrClN4O2. The molecule has 0 bridgehead atoms. The summed E-state index contributed by atoms with van der Waals surface area (Å²) in [6.45, 7) is 0.395. The zero-order valence-electron chi connectivity index (χ0n) is 9.08. The molecule has 0 spiro atoms. The Morgan fingerprint density at radius 2 is 2.28 bits per heavy atom. The average Bonchev–Trinajstić information content (AvgIpc) is 2.79. The minimum Gasteiger partial charge on any atom is -0.258 e. The smallest absolute Gasteiger partial charge is 0.258 e. The van der Waals surface area contributed by atoms with E-state index in [9.17, 15) is 10.1 Å². The lowest BCUT2D eigenvalue weighted by Gasteiger charge is -2.04. The first kappa shape index (κ1) is 13.0. The monoisotopic (exact) mass is 330 g/mol. The second-order valence-electron chi connectivity index (χ2n) is 3.55. The van der Waals surface area contributed by atoms with Gasteiger partial charge < -0.3 is 0 Å². The normalized spacial score (nSPS) is 10.6. The molecule has 0 radical (unpaired) electrons. The Bertz CT molecular complexity index is 587. The van der Waals surface area contributed by atoms with E-state index < -0.39 is 4.92 Å². The minimum absolute atomic E-state index is 0.0326. The van der Waals surface area contributed by atoms with Gasteiger partial charge >= 0.3 is 0 Å². The van der Waals surface area contributed by atoms with E-state index in [1.54, 1.807) is 23.0 Å². The molecule has 2 rings (SSSR count). The van der Waals surface area contributed by atoms with Crippen LogP contribution in [0.15, 0.2) is 28.9 Å². The molecule has 1 aromatic carbocycles. The van der Waals surface area contributed by atoms with Crippen LogP contribution in [0, 0.1) is 10.1 Å². The van der Waals surface area contributed by atoms with Crippen molar-refractivity contribution in [3.05, 3.63) is 50.2 Å². The van der Waals surface area contributed by atoms with Gasteiger partial charge in [-0.05, 0) is 21.5 Å². The quantitative estimate of drug-likeness (QED) is 0.490. The Hall–Kier alpha value is -1.47. The van der Waals surface area contributed by atoms with E-state index in [4.69, 9.17) is 11.6 Å². The SMILES string of the molecule is O=[N+]([O-])c1cccc(Cn2cc(CCl)nn2)c1Br. The van der Waals surface area contributed by atoms with Gasteiger partial charge in [0.25, 0.3) is 5.69 Å². The minimum atomic E-state index is -0.431. The third-order valence-corrected chi connectivity index (χ3v) is 3.50. The van der Waals surface area contributed by atoms with E-state index in [2.05, 4.69) is 26.2 Å². The number of nitro groups is 1. The van der Waals surface area contributed by atoms with Crippen LogP contribution in [-0.2, 0) is 12.4 Å². The fourth-order valence-corrected chi connectivity index (χ4v) is 2.14. The molecule has 0 aliphatic carbocycles. The molecule has 0 fully saturated rings. The highest BCUT2D eigenvalue weighted by atomic mass is 79.9. The van der Waals surface area contributed by atoms with Crippen molar-refractivity contribution in [3.8, 4) is 0 Å². The van der Waals surface area contributed by atoms with E-state index in [0.717, 1.165) is 5.56 Å². The molecule has 0 saturated heterocycles. The lowest BCUT2D eigenvalue weighted by Crippen LogP contribution is -2.02. The lowest BCUT2D eigenvalue weighted by atomic mass is 10.2. The molecule has 1 heterocycles. The molecule has 8 heteroatoms. The number of nitrogens with zero attached hydrogens (tertiary/aromatic N) is 4. The number of alkyl halides is 1. The van der Waals surface area contributed by atoms with Crippen molar-refractivity contribution in [1.29, 1.82) is 0 Å². The molecule has 0 N–H and O–H groups in total. The van der Waals surface area contributed by atoms with Gasteiger partial charge in [0.05, 0.1) is 29.2 Å². The molecule has 2 aromatic rings. The zero-order valence-corrected chi connectivity index (χ0v) is 11.4. The van der Waals surface area contributed by atoms with E-state index in [0.29, 0.717) is 16.7 Å². The van der Waals surface area contributed by atoms with Gasteiger partial charge in [0.1, 0.15) is 4.47 Å². The third kappa shape index (κ3) is 2.68. The van der Waals surface area contributed by atoms with E-state index >= 15 is 0 Å². The predicted octanol–water partition coefficient (Wildman–Crippen LogP) is 2.74. The largest absolute Gasteiger partial charge is 0.283 e. The summed E-state index contributed by atoms with van der Waals surface area (Å²) in [5.74, 6) is 0.288. The van der Waals surface area contributed by atoms with Crippen molar-refractivity contribution in [2.75, 3.05) is 0 Å². The topological polar surface area (TPSA) is 73.8 Å². The van der Waals surface area contributed by atoms with Crippen LogP contribution in [0.3, 0.4) is 0 Å². The molecule has 0 unspecified atom stereocenters. The van der Waals surface area contributed by atoms with Crippen LogP contribution in [0.4, 0.5) is 5.69 Å². The summed E-state index contributed by atoms with van der Waals surface area (Å²) in [5, 5.41) is 18.5. The summed E-state index contributed by atoms with van der Waals surface area (Å²) in [7, 11) is 0. The van der Waals surface area contributed by atoms with Gasteiger partial charge in [-0.15, -0.1) is 16.7 Å². The second-order valence-corrected chi connectivity index (χ2v) is 4.61. The second kappa shape index (κ2) is 5.45. The van der Waals surface area contributed by atoms with E-state index in [-0.39, 0.29) is 11.6 Å². The highest BCUT2D eigenvalue weighted by Gasteiger charge is 2.15. The van der Waals surface area contributed by atoms with Crippen molar-refractivity contribution in [1.82, 2.24) is 15.0 Å². The Balaban J connectivity index is 2.29. The Labute approximate surface area is 116 Å². The van der Waals surface area contributed by atoms with Gasteiger partial charge in [0.2, 0.25) is 0 Å². The first-order valence-electron chi connectivity index (χ1n) is 4.98. The van der Waals surface area contributed by atoms with Crippen LogP contribution in [0.1, 0.15) is 11.3 Å². The Kier molecular flexibility index (Phi) is 3.93. The van der Waals surface area contributed by atoms with E-state index in [1.165, 1.54) is 6.07 Å². The molecule has 0 amide bonds. The van der Waals surface area contributed by atoms with Gasteiger partial charge in [0.15, 0.2) is 0 Å². The maximum Gasteiger partial charge on any atom is 0.283 e. The van der Waals surface area contributed by atoms with Crippen molar-refractivity contribution in [2.24, 2.45) is 0 Å². The van der Waals surface area contributed by atoms with Crippen LogP contribution in [0.2, 0.25) is 0 Å². The van der Waals surface area contributed by atoms with Gasteiger partial charge in [-0.3, -0.25) is 10.1 Å². The summed E-state index contributed by atoms with van der Waals surface area (Å²) in [6.07, 6.45) is 1.71. The fraction of sp³-hybridized carbons (Fsp3) is 0.200. The highest BCUT2D eigenvalue weighted by molar-refractivity contribution is 9.10. The first-order chi connectivity index (χ1) is 8.61. The average molecular weight is 332 g/mol. The molecule has 0 aliphatic rings. The summed E-state index contributed by atoms with van der Waals surface area (Å²) >= 11 is 8.86. The lowest BCUT2D eigenvalue weighted by molar-refractivity contribution is -0.385. The maximum absolute atomic E-state index is 10.8. The number of hydrogen-bond acceptors (Lipinski definition) is 4. The summed E-state index contributed by atoms with van der Waals surface area (Å²) in [4.78, 5) is 10.4. The third-order valence-electron chi connectivity index (χ3n) is 2.31. The molecule has 0 saturated carbocycles. The van der Waals surface area contributed by atoms with Crippen molar-refractivity contribution in [3.63, 3.8) is 0 Å². The highest BCUT2D eigenvalue weighted by Crippen LogP contribution is 2.28.